The quantitative estimate of drug-likeness (QED) is 0.537. The summed E-state index contributed by atoms with van der Waals surface area (Å²) in [5, 5.41) is 20.1. The van der Waals surface area contributed by atoms with E-state index in [1.807, 2.05) is 13.8 Å². The minimum atomic E-state index is -1.16. The van der Waals surface area contributed by atoms with Crippen molar-refractivity contribution in [2.75, 3.05) is 0 Å². The second-order valence-corrected chi connectivity index (χ2v) is 4.46. The molecule has 0 aliphatic rings. The van der Waals surface area contributed by atoms with Crippen LogP contribution in [-0.4, -0.2) is 61.8 Å². The Morgan fingerprint density at radius 2 is 1.11 bits per heavy atom. The first-order valence-electron chi connectivity index (χ1n) is 6.11. The summed E-state index contributed by atoms with van der Waals surface area (Å²) in [5.41, 5.74) is 10.4. The molecule has 0 radical (unpaired) electrons. The third-order valence-corrected chi connectivity index (χ3v) is 3.06. The maximum atomic E-state index is 10.1. The molecule has 0 spiro atoms. The largest absolute Gasteiger partial charge is 2.00 e. The van der Waals surface area contributed by atoms with Crippen LogP contribution >= 0.6 is 0 Å². The zero-order chi connectivity index (χ0) is 14.9. The van der Waals surface area contributed by atoms with Gasteiger partial charge in [0.25, 0.3) is 0 Å². The normalized spacial score (nSPS) is 15.9. The topological polar surface area (TPSA) is 132 Å². The zero-order valence-corrected chi connectivity index (χ0v) is 14.4. The predicted octanol–water partition coefficient (Wildman–Crippen LogP) is -2.16. The maximum Gasteiger partial charge on any atom is 2.00 e. The molecule has 19 heavy (non-hydrogen) atoms. The van der Waals surface area contributed by atoms with Gasteiger partial charge in [0.05, 0.1) is 11.9 Å². The van der Waals surface area contributed by atoms with E-state index in [2.05, 4.69) is 0 Å². The van der Waals surface area contributed by atoms with Crippen LogP contribution < -0.4 is 21.7 Å². The van der Waals surface area contributed by atoms with Crippen molar-refractivity contribution in [2.24, 2.45) is 23.3 Å². The molecule has 0 aliphatic carbocycles. The van der Waals surface area contributed by atoms with Gasteiger partial charge in [-0.1, -0.05) is 40.5 Å². The number of rotatable bonds is 6. The fraction of sp³-hybridized carbons (Fsp3) is 0.833. The van der Waals surface area contributed by atoms with Crippen molar-refractivity contribution in [1.29, 1.82) is 0 Å². The van der Waals surface area contributed by atoms with Crippen LogP contribution in [0.2, 0.25) is 0 Å². The number of carboxylic acids is 2. The first-order chi connectivity index (χ1) is 8.18. The van der Waals surface area contributed by atoms with Gasteiger partial charge in [0.15, 0.2) is 0 Å². The molecule has 0 saturated heterocycles. The summed E-state index contributed by atoms with van der Waals surface area (Å²) in [6.07, 6.45) is 1.55. The number of hydrogen-bond donors (Lipinski definition) is 2. The standard InChI is InChI=1S/2C6H13NO2.Ca/c2*1-3-4(2)5(7)6(8)9;/h2*4-5H,3,7H2,1-2H3,(H,8,9);/q;;+2/p-2/t2*4-,5-;/m00./s1. The van der Waals surface area contributed by atoms with E-state index in [1.54, 1.807) is 13.8 Å². The molecule has 0 rings (SSSR count). The smallest absolute Gasteiger partial charge is 0.548 e. The van der Waals surface area contributed by atoms with E-state index in [-0.39, 0.29) is 49.6 Å². The Hall–Kier alpha value is 0.120. The fourth-order valence-electron chi connectivity index (χ4n) is 0.972. The molecule has 7 heteroatoms. The summed E-state index contributed by atoms with van der Waals surface area (Å²) in [5.74, 6) is -2.31. The molecule has 4 N–H and O–H groups in total. The van der Waals surface area contributed by atoms with E-state index >= 15 is 0 Å². The molecule has 108 valence electrons. The van der Waals surface area contributed by atoms with Crippen LogP contribution in [0.4, 0.5) is 0 Å². The average molecular weight is 300 g/mol. The van der Waals surface area contributed by atoms with Crippen molar-refractivity contribution in [3.8, 4) is 0 Å². The van der Waals surface area contributed by atoms with E-state index in [0.717, 1.165) is 12.8 Å². The third-order valence-electron chi connectivity index (χ3n) is 3.06. The second kappa shape index (κ2) is 13.1. The van der Waals surface area contributed by atoms with E-state index in [0.29, 0.717) is 0 Å². The Balaban J connectivity index is -0.000000256. The van der Waals surface area contributed by atoms with Gasteiger partial charge in [-0.3, -0.25) is 0 Å². The van der Waals surface area contributed by atoms with Gasteiger partial charge in [0.2, 0.25) is 0 Å². The van der Waals surface area contributed by atoms with Crippen LogP contribution in [0.3, 0.4) is 0 Å². The molecule has 0 heterocycles. The Labute approximate surface area is 144 Å². The second-order valence-electron chi connectivity index (χ2n) is 4.46. The minimum Gasteiger partial charge on any atom is -0.548 e. The van der Waals surface area contributed by atoms with Gasteiger partial charge < -0.3 is 31.3 Å². The number of carbonyl (C=O) groups excluding carboxylic acids is 2. The van der Waals surface area contributed by atoms with Crippen LogP contribution in [0.25, 0.3) is 0 Å². The number of carboxylic acid groups (broad SMARTS) is 2. The average Bonchev–Trinajstić information content (AvgIpc) is 2.35. The molecule has 0 aliphatic heterocycles. The van der Waals surface area contributed by atoms with E-state index < -0.39 is 24.0 Å². The van der Waals surface area contributed by atoms with E-state index in [1.165, 1.54) is 0 Å². The Morgan fingerprint density at radius 3 is 1.16 bits per heavy atom. The number of aliphatic carboxylic acids is 2. The SMILES string of the molecule is CC[C@H](C)[C@H](N)C(=O)[O-].CC[C@H](C)[C@H](N)C(=O)[O-].[Ca+2]. The molecular formula is C12H24CaN2O4. The summed E-state index contributed by atoms with van der Waals surface area (Å²) in [6, 6.07) is -1.62. The van der Waals surface area contributed by atoms with Crippen molar-refractivity contribution < 1.29 is 19.8 Å². The zero-order valence-electron chi connectivity index (χ0n) is 12.2. The van der Waals surface area contributed by atoms with Crippen LogP contribution in [0, 0.1) is 11.8 Å². The third kappa shape index (κ3) is 11.6. The van der Waals surface area contributed by atoms with E-state index in [9.17, 15) is 19.8 Å². The van der Waals surface area contributed by atoms with Crippen molar-refractivity contribution in [3.05, 3.63) is 0 Å². The molecular weight excluding hydrogens is 276 g/mol. The molecule has 0 aromatic carbocycles. The molecule has 0 fully saturated rings. The molecule has 0 aromatic rings. The Bertz CT molecular complexity index is 238. The number of carbonyl (C=O) groups is 2. The summed E-state index contributed by atoms with van der Waals surface area (Å²) in [7, 11) is 0. The van der Waals surface area contributed by atoms with Crippen LogP contribution in [0.5, 0.6) is 0 Å². The first kappa shape index (κ1) is 24.2. The molecule has 4 atom stereocenters. The molecule has 0 bridgehead atoms. The van der Waals surface area contributed by atoms with Gasteiger partial charge in [-0.25, -0.2) is 0 Å². The van der Waals surface area contributed by atoms with Crippen molar-refractivity contribution in [2.45, 2.75) is 52.6 Å². The van der Waals surface area contributed by atoms with Crippen molar-refractivity contribution in [1.82, 2.24) is 0 Å². The van der Waals surface area contributed by atoms with Gasteiger partial charge in [-0.2, -0.15) is 0 Å². The van der Waals surface area contributed by atoms with Crippen molar-refractivity contribution >= 4 is 49.7 Å². The minimum absolute atomic E-state index is 0. The molecule has 0 amide bonds. The first-order valence-corrected chi connectivity index (χ1v) is 6.11. The molecule has 0 saturated carbocycles. The Kier molecular flexibility index (Phi) is 16.7. The molecule has 6 nitrogen and oxygen atoms in total. The van der Waals surface area contributed by atoms with E-state index in [4.69, 9.17) is 11.5 Å². The maximum absolute atomic E-state index is 10.1. The van der Waals surface area contributed by atoms with Gasteiger partial charge in [-0.05, 0) is 11.8 Å². The van der Waals surface area contributed by atoms with Gasteiger partial charge in [0.1, 0.15) is 0 Å². The molecule has 0 unspecified atom stereocenters. The number of nitrogens with two attached hydrogens (primary N) is 2. The monoisotopic (exact) mass is 300 g/mol. The van der Waals surface area contributed by atoms with Gasteiger partial charge >= 0.3 is 37.7 Å². The summed E-state index contributed by atoms with van der Waals surface area (Å²) < 4.78 is 0. The van der Waals surface area contributed by atoms with Gasteiger partial charge in [0, 0.05) is 12.1 Å². The molecule has 0 aromatic heterocycles. The summed E-state index contributed by atoms with van der Waals surface area (Å²) in [4.78, 5) is 20.1. The predicted molar refractivity (Wildman–Crippen MR) is 70.6 cm³/mol. The number of hydrogen-bond acceptors (Lipinski definition) is 6. The summed E-state index contributed by atoms with van der Waals surface area (Å²) >= 11 is 0. The fourth-order valence-corrected chi connectivity index (χ4v) is 0.972. The van der Waals surface area contributed by atoms with Crippen LogP contribution in [0.1, 0.15) is 40.5 Å². The summed E-state index contributed by atoms with van der Waals surface area (Å²) in [6.45, 7) is 7.38. The van der Waals surface area contributed by atoms with Crippen molar-refractivity contribution in [3.63, 3.8) is 0 Å². The van der Waals surface area contributed by atoms with Gasteiger partial charge in [-0.15, -0.1) is 0 Å². The van der Waals surface area contributed by atoms with Crippen LogP contribution in [-0.2, 0) is 9.59 Å². The van der Waals surface area contributed by atoms with Crippen LogP contribution in [0.15, 0.2) is 0 Å². The Morgan fingerprint density at radius 1 is 0.895 bits per heavy atom.